The summed E-state index contributed by atoms with van der Waals surface area (Å²) in [4.78, 5) is 16.3. The third-order valence-electron chi connectivity index (χ3n) is 7.11. The summed E-state index contributed by atoms with van der Waals surface area (Å²) >= 11 is 7.86. The summed E-state index contributed by atoms with van der Waals surface area (Å²) in [5, 5.41) is 16.9. The number of rotatable bonds is 6. The fourth-order valence-electron chi connectivity index (χ4n) is 5.31. The van der Waals surface area contributed by atoms with Crippen LogP contribution in [0.1, 0.15) is 33.3 Å². The number of aryl methyl sites for hydroxylation is 2. The van der Waals surface area contributed by atoms with E-state index in [1.807, 2.05) is 23.8 Å². The predicted octanol–water partition coefficient (Wildman–Crippen LogP) is 6.71. The van der Waals surface area contributed by atoms with Crippen molar-refractivity contribution in [1.82, 2.24) is 9.55 Å². The van der Waals surface area contributed by atoms with E-state index in [-0.39, 0.29) is 12.5 Å². The average Bonchev–Trinajstić information content (AvgIpc) is 3.47. The van der Waals surface area contributed by atoms with Crippen molar-refractivity contribution in [1.29, 1.82) is 5.41 Å². The first-order valence-electron chi connectivity index (χ1n) is 13.0. The van der Waals surface area contributed by atoms with Crippen LogP contribution in [0.15, 0.2) is 72.9 Å². The molecule has 3 heterocycles. The Balaban J connectivity index is 0.00000103. The number of ether oxygens (including phenoxy) is 1. The maximum atomic E-state index is 8.36. The Morgan fingerprint density at radius 3 is 2.52 bits per heavy atom. The molecule has 40 heavy (non-hydrogen) atoms. The van der Waals surface area contributed by atoms with Crippen LogP contribution in [0.25, 0.3) is 10.9 Å². The highest BCUT2D eigenvalue weighted by atomic mass is 35.5. The molecule has 0 aliphatic carbocycles. The molecule has 0 saturated carbocycles. The molecule has 3 aromatic carbocycles. The van der Waals surface area contributed by atoms with Crippen LogP contribution in [0.2, 0.25) is 5.02 Å². The molecule has 1 aliphatic rings. The lowest BCUT2D eigenvalue weighted by molar-refractivity contribution is -0.122. The maximum Gasteiger partial charge on any atom is 0.290 e. The number of thiazole rings is 1. The van der Waals surface area contributed by atoms with Gasteiger partial charge in [0.1, 0.15) is 12.4 Å². The second-order valence-corrected chi connectivity index (χ2v) is 11.4. The molecule has 6 rings (SSSR count). The fourth-order valence-corrected chi connectivity index (χ4v) is 6.23. The van der Waals surface area contributed by atoms with Gasteiger partial charge in [0.05, 0.1) is 12.6 Å². The standard InChI is InChI=1S/C30H29ClN4OS.CH2O2/c1-19-3-8-23(9-4-19)35-14-13-25-26-17-22(31)7-12-27(26)33-28(25)29(35)21-5-10-24(11-6-21)36-16-15-34-18-20(2)37-30(34)32;2-1-3/h3-12,17-18,29,32-33H,13-16H2,1-2H3;1H,(H,2,3). The first-order chi connectivity index (χ1) is 19.4. The Bertz CT molecular complexity index is 1670. The normalized spacial score (nSPS) is 14.4. The Morgan fingerprint density at radius 1 is 1.12 bits per heavy atom. The van der Waals surface area contributed by atoms with Gasteiger partial charge >= 0.3 is 0 Å². The number of carboxylic acid groups (broad SMARTS) is 1. The average molecular weight is 575 g/mol. The van der Waals surface area contributed by atoms with E-state index in [4.69, 9.17) is 31.6 Å². The van der Waals surface area contributed by atoms with E-state index in [1.54, 1.807) is 0 Å². The molecule has 3 N–H and O–H groups in total. The zero-order chi connectivity index (χ0) is 28.2. The molecular formula is C31H31ClN4O3S. The third kappa shape index (κ3) is 5.78. The molecule has 0 bridgehead atoms. The molecule has 0 amide bonds. The summed E-state index contributed by atoms with van der Waals surface area (Å²) < 4.78 is 7.97. The predicted molar refractivity (Wildman–Crippen MR) is 161 cm³/mol. The summed E-state index contributed by atoms with van der Waals surface area (Å²) in [5.41, 5.74) is 7.38. The number of carbonyl (C=O) groups is 1. The third-order valence-corrected chi connectivity index (χ3v) is 8.20. The van der Waals surface area contributed by atoms with Gasteiger partial charge in [-0.1, -0.05) is 41.4 Å². The van der Waals surface area contributed by atoms with E-state index in [9.17, 15) is 0 Å². The van der Waals surface area contributed by atoms with Crippen molar-refractivity contribution in [2.45, 2.75) is 32.9 Å². The molecular weight excluding hydrogens is 544 g/mol. The van der Waals surface area contributed by atoms with Crippen molar-refractivity contribution < 1.29 is 14.6 Å². The number of hydrogen-bond donors (Lipinski definition) is 3. The summed E-state index contributed by atoms with van der Waals surface area (Å²) in [5.74, 6) is 0.837. The fraction of sp³-hybridized carbons (Fsp3) is 0.226. The number of aromatic amines is 1. The van der Waals surface area contributed by atoms with Gasteiger partial charge in [0.25, 0.3) is 6.47 Å². The molecule has 1 aliphatic heterocycles. The minimum atomic E-state index is -0.250. The monoisotopic (exact) mass is 574 g/mol. The van der Waals surface area contributed by atoms with Crippen LogP contribution in [0.5, 0.6) is 5.75 Å². The molecule has 0 fully saturated rings. The lowest BCUT2D eigenvalue weighted by Crippen LogP contribution is -2.36. The number of benzene rings is 3. The van der Waals surface area contributed by atoms with E-state index < -0.39 is 0 Å². The van der Waals surface area contributed by atoms with Crippen LogP contribution in [0, 0.1) is 19.3 Å². The van der Waals surface area contributed by atoms with Crippen LogP contribution >= 0.6 is 22.9 Å². The van der Waals surface area contributed by atoms with Crippen molar-refractivity contribution in [3.63, 3.8) is 0 Å². The number of hydrogen-bond acceptors (Lipinski definition) is 5. The summed E-state index contributed by atoms with van der Waals surface area (Å²) in [6, 6.07) is 23.4. The Morgan fingerprint density at radius 2 is 1.85 bits per heavy atom. The summed E-state index contributed by atoms with van der Waals surface area (Å²) in [6.07, 6.45) is 2.96. The van der Waals surface area contributed by atoms with Crippen molar-refractivity contribution >= 4 is 46.0 Å². The van der Waals surface area contributed by atoms with Gasteiger partial charge in [-0.15, -0.1) is 11.3 Å². The minimum Gasteiger partial charge on any atom is -0.492 e. The van der Waals surface area contributed by atoms with Crippen LogP contribution in [-0.4, -0.2) is 34.3 Å². The van der Waals surface area contributed by atoms with Gasteiger partial charge in [0.2, 0.25) is 0 Å². The highest BCUT2D eigenvalue weighted by Gasteiger charge is 2.32. The van der Waals surface area contributed by atoms with Crippen LogP contribution < -0.4 is 14.4 Å². The van der Waals surface area contributed by atoms with E-state index in [0.717, 1.165) is 34.1 Å². The number of anilines is 1. The molecule has 7 nitrogen and oxygen atoms in total. The summed E-state index contributed by atoms with van der Waals surface area (Å²) in [7, 11) is 0. The topological polar surface area (TPSA) is 94.3 Å². The highest BCUT2D eigenvalue weighted by molar-refractivity contribution is 7.09. The zero-order valence-corrected chi connectivity index (χ0v) is 23.9. The van der Waals surface area contributed by atoms with Gasteiger partial charge < -0.3 is 24.3 Å². The highest BCUT2D eigenvalue weighted by Crippen LogP contribution is 2.41. The number of aromatic nitrogens is 2. The minimum absolute atomic E-state index is 0.0573. The van der Waals surface area contributed by atoms with Gasteiger partial charge in [-0.05, 0) is 73.9 Å². The smallest absolute Gasteiger partial charge is 0.290 e. The second-order valence-electron chi connectivity index (χ2n) is 9.75. The van der Waals surface area contributed by atoms with E-state index in [2.05, 4.69) is 77.5 Å². The van der Waals surface area contributed by atoms with Gasteiger partial charge in [0, 0.05) is 44.9 Å². The van der Waals surface area contributed by atoms with Gasteiger partial charge in [-0.3, -0.25) is 10.2 Å². The molecule has 1 unspecified atom stereocenters. The number of halogens is 1. The Labute approximate surface area is 241 Å². The van der Waals surface area contributed by atoms with Crippen molar-refractivity contribution in [2.75, 3.05) is 18.1 Å². The van der Waals surface area contributed by atoms with Gasteiger partial charge in [-0.2, -0.15) is 0 Å². The molecule has 5 aromatic rings. The van der Waals surface area contributed by atoms with E-state index >= 15 is 0 Å². The van der Waals surface area contributed by atoms with E-state index in [1.165, 1.54) is 44.8 Å². The molecule has 2 aromatic heterocycles. The number of H-pyrrole nitrogens is 1. The number of fused-ring (bicyclic) bond motifs is 3. The second kappa shape index (κ2) is 12.0. The van der Waals surface area contributed by atoms with Crippen molar-refractivity contribution in [2.24, 2.45) is 0 Å². The largest absolute Gasteiger partial charge is 0.492 e. The molecule has 0 spiro atoms. The molecule has 0 saturated heterocycles. The molecule has 1 atom stereocenters. The van der Waals surface area contributed by atoms with Gasteiger partial charge in [0.15, 0.2) is 4.80 Å². The van der Waals surface area contributed by atoms with Crippen molar-refractivity contribution in [3.05, 3.63) is 110 Å². The number of nitrogens with zero attached hydrogens (tertiary/aromatic N) is 2. The molecule has 0 radical (unpaired) electrons. The quantitative estimate of drug-likeness (QED) is 0.196. The zero-order valence-electron chi connectivity index (χ0n) is 22.4. The Kier molecular flexibility index (Phi) is 8.28. The van der Waals surface area contributed by atoms with Crippen LogP contribution in [0.4, 0.5) is 5.69 Å². The van der Waals surface area contributed by atoms with Crippen LogP contribution in [-0.2, 0) is 17.8 Å². The van der Waals surface area contributed by atoms with Gasteiger partial charge in [-0.25, -0.2) is 0 Å². The van der Waals surface area contributed by atoms with Crippen molar-refractivity contribution in [3.8, 4) is 5.75 Å². The number of nitrogens with one attached hydrogen (secondary N) is 2. The first kappa shape index (κ1) is 27.6. The molecule has 206 valence electrons. The van der Waals surface area contributed by atoms with E-state index in [0.29, 0.717) is 18.0 Å². The lowest BCUT2D eigenvalue weighted by Gasteiger charge is -2.38. The molecule has 9 heteroatoms. The maximum absolute atomic E-state index is 8.36. The SMILES string of the molecule is Cc1ccc(N2CCc3c([nH]c4ccc(Cl)cc34)C2c2ccc(OCCn3cc(C)sc3=N)cc2)cc1.O=CO. The lowest BCUT2D eigenvalue weighted by atomic mass is 9.91. The van der Waals surface area contributed by atoms with Crippen LogP contribution in [0.3, 0.4) is 0 Å². The first-order valence-corrected chi connectivity index (χ1v) is 14.2. The Hall–Kier alpha value is -4.01. The summed E-state index contributed by atoms with van der Waals surface area (Å²) in [6.45, 7) is 6.01.